The molecule has 0 saturated carbocycles. The molecule has 0 N–H and O–H groups in total. The minimum absolute atomic E-state index is 0.0371. The molecule has 0 fully saturated rings. The second kappa shape index (κ2) is 13.4. The summed E-state index contributed by atoms with van der Waals surface area (Å²) in [5.74, 6) is -5.77. The number of ketones is 2. The van der Waals surface area contributed by atoms with Crippen LogP contribution in [0.4, 0.5) is 17.6 Å². The largest absolute Gasteiger partial charge is 0.339 e. The Bertz CT molecular complexity index is 2760. The van der Waals surface area contributed by atoms with Crippen LogP contribution in [-0.2, 0) is 6.54 Å². The third-order valence-electron chi connectivity index (χ3n) is 9.37. The summed E-state index contributed by atoms with van der Waals surface area (Å²) >= 11 is 2.69. The summed E-state index contributed by atoms with van der Waals surface area (Å²) in [6.07, 6.45) is 3.98. The van der Waals surface area contributed by atoms with Crippen molar-refractivity contribution in [2.24, 2.45) is 10.9 Å². The van der Waals surface area contributed by atoms with Crippen LogP contribution in [-0.4, -0.2) is 29.4 Å². The second-order valence-corrected chi connectivity index (χ2v) is 14.7. The van der Waals surface area contributed by atoms with Gasteiger partial charge in [-0.3, -0.25) is 14.6 Å². The molecule has 0 aliphatic heterocycles. The summed E-state index contributed by atoms with van der Waals surface area (Å²) in [6.45, 7) is 8.07. The number of aliphatic imine (C=N–C) groups is 1. The van der Waals surface area contributed by atoms with E-state index in [9.17, 15) is 42.9 Å². The van der Waals surface area contributed by atoms with E-state index in [1.807, 2.05) is 18.2 Å². The molecule has 0 spiro atoms. The topological polar surface area (TPSA) is 123 Å². The van der Waals surface area contributed by atoms with Crippen molar-refractivity contribution >= 4 is 84.7 Å². The minimum Gasteiger partial charge on any atom is -0.339 e. The van der Waals surface area contributed by atoms with Crippen molar-refractivity contribution in [1.29, 1.82) is 15.8 Å². The summed E-state index contributed by atoms with van der Waals surface area (Å²) in [4.78, 5) is 32.3. The van der Waals surface area contributed by atoms with Crippen LogP contribution in [0.25, 0.3) is 43.7 Å². The number of fused-ring (bicyclic) bond motifs is 5. The van der Waals surface area contributed by atoms with E-state index in [0.717, 1.165) is 51.1 Å². The van der Waals surface area contributed by atoms with Crippen LogP contribution in [0, 0.1) is 63.2 Å². The number of rotatable bonds is 7. The first kappa shape index (κ1) is 35.2. The predicted molar refractivity (Wildman–Crippen MR) is 197 cm³/mol. The number of carbonyl (C=O) groups excluding carboxylic acids is 2. The van der Waals surface area contributed by atoms with Crippen molar-refractivity contribution in [3.8, 4) is 18.2 Å². The lowest BCUT2D eigenvalue weighted by molar-refractivity contribution is 0.103. The molecule has 260 valence electrons. The van der Waals surface area contributed by atoms with Crippen molar-refractivity contribution in [2.45, 2.75) is 26.8 Å². The van der Waals surface area contributed by atoms with E-state index < -0.39 is 40.4 Å². The molecule has 0 bridgehead atoms. The molecule has 2 aliphatic rings. The summed E-state index contributed by atoms with van der Waals surface area (Å²) in [5.41, 5.74) is 1.33. The Labute approximate surface area is 307 Å². The first-order valence-corrected chi connectivity index (χ1v) is 17.8. The van der Waals surface area contributed by atoms with Crippen LogP contribution in [0.5, 0.6) is 0 Å². The summed E-state index contributed by atoms with van der Waals surface area (Å²) in [7, 11) is 0. The zero-order chi connectivity index (χ0) is 37.9. The highest BCUT2D eigenvalue weighted by molar-refractivity contribution is 7.28. The Morgan fingerprint density at radius 2 is 1.23 bits per heavy atom. The third kappa shape index (κ3) is 5.64. The number of carbonyl (C=O) groups is 2. The number of benzene rings is 2. The van der Waals surface area contributed by atoms with Gasteiger partial charge in [0.1, 0.15) is 17.7 Å². The lowest BCUT2D eigenvalue weighted by Crippen LogP contribution is -2.05. The normalized spacial score (nSPS) is 16.6. The quantitative estimate of drug-likeness (QED) is 0.0710. The van der Waals surface area contributed by atoms with Gasteiger partial charge in [0.25, 0.3) is 0 Å². The van der Waals surface area contributed by atoms with Crippen molar-refractivity contribution in [3.63, 3.8) is 0 Å². The maximum atomic E-state index is 14.4. The van der Waals surface area contributed by atoms with E-state index in [0.29, 0.717) is 16.3 Å². The monoisotopic (exact) mass is 745 g/mol. The SMILES string of the molecule is C=NC/C(C#N)=C1\C(=C\c2cc3c(s2)c2sc(/C=C4\C(=O)c5cc(F)c(F)cc5C4=C(C#N)C#N)cc2n3CC(C)CC)C(=O)c2cc(F)c(F)cc21. The summed E-state index contributed by atoms with van der Waals surface area (Å²) < 4.78 is 61.1. The molecule has 2 aliphatic carbocycles. The van der Waals surface area contributed by atoms with Crippen LogP contribution >= 0.6 is 22.7 Å². The molecule has 13 heteroatoms. The van der Waals surface area contributed by atoms with E-state index in [-0.39, 0.29) is 62.6 Å². The molecule has 7 nitrogen and oxygen atoms in total. The summed E-state index contributed by atoms with van der Waals surface area (Å²) in [5, 5.41) is 29.4. The van der Waals surface area contributed by atoms with E-state index in [1.165, 1.54) is 28.7 Å². The fraction of sp³-hybridized carbons (Fsp3) is 0.150. The van der Waals surface area contributed by atoms with Gasteiger partial charge in [0.2, 0.25) is 0 Å². The van der Waals surface area contributed by atoms with Gasteiger partial charge in [-0.25, -0.2) is 17.6 Å². The van der Waals surface area contributed by atoms with Crippen molar-refractivity contribution in [1.82, 2.24) is 4.57 Å². The van der Waals surface area contributed by atoms with Crippen LogP contribution in [0.15, 0.2) is 63.7 Å². The number of nitriles is 3. The maximum absolute atomic E-state index is 14.4. The smallest absolute Gasteiger partial charge is 0.194 e. The molecule has 2 aromatic carbocycles. The predicted octanol–water partition coefficient (Wildman–Crippen LogP) is 9.86. The first-order chi connectivity index (χ1) is 25.4. The Hall–Kier alpha value is -6.20. The Kier molecular flexibility index (Phi) is 8.91. The van der Waals surface area contributed by atoms with Gasteiger partial charge in [-0.1, -0.05) is 20.3 Å². The number of nitrogens with zero attached hydrogens (tertiary/aromatic N) is 5. The average molecular weight is 746 g/mol. The molecule has 0 radical (unpaired) electrons. The minimum atomic E-state index is -1.23. The first-order valence-electron chi connectivity index (χ1n) is 16.1. The maximum Gasteiger partial charge on any atom is 0.194 e. The molecule has 53 heavy (non-hydrogen) atoms. The molecule has 3 heterocycles. The van der Waals surface area contributed by atoms with Gasteiger partial charge in [-0.05, 0) is 72.3 Å². The highest BCUT2D eigenvalue weighted by Crippen LogP contribution is 2.46. The zero-order valence-corrected chi connectivity index (χ0v) is 29.5. The molecular weight excluding hydrogens is 723 g/mol. The second-order valence-electron chi connectivity index (χ2n) is 12.6. The molecule has 0 amide bonds. The van der Waals surface area contributed by atoms with E-state index in [2.05, 4.69) is 30.1 Å². The van der Waals surface area contributed by atoms with Crippen LogP contribution in [0.1, 0.15) is 61.9 Å². The van der Waals surface area contributed by atoms with Crippen molar-refractivity contribution < 1.29 is 27.2 Å². The van der Waals surface area contributed by atoms with E-state index >= 15 is 0 Å². The number of allylic oxidation sites excluding steroid dienone is 5. The van der Waals surface area contributed by atoms with E-state index in [4.69, 9.17) is 0 Å². The highest BCUT2D eigenvalue weighted by Gasteiger charge is 2.36. The third-order valence-corrected chi connectivity index (χ3v) is 11.7. The van der Waals surface area contributed by atoms with Gasteiger partial charge in [-0.2, -0.15) is 15.8 Å². The molecule has 1 atom stereocenters. The highest BCUT2D eigenvalue weighted by atomic mass is 32.1. The number of hydrogen-bond donors (Lipinski definition) is 0. The number of halogens is 4. The summed E-state index contributed by atoms with van der Waals surface area (Å²) in [6, 6.07) is 12.7. The lowest BCUT2D eigenvalue weighted by atomic mass is 9.98. The van der Waals surface area contributed by atoms with Crippen LogP contribution in [0.3, 0.4) is 0 Å². The fourth-order valence-corrected chi connectivity index (χ4v) is 9.06. The molecule has 0 saturated heterocycles. The number of hydrogen-bond acceptors (Lipinski definition) is 8. The molecule has 1 unspecified atom stereocenters. The van der Waals surface area contributed by atoms with Gasteiger partial charge >= 0.3 is 0 Å². The van der Waals surface area contributed by atoms with Crippen LogP contribution < -0.4 is 0 Å². The van der Waals surface area contributed by atoms with Gasteiger partial charge in [0.05, 0.1) is 38.6 Å². The van der Waals surface area contributed by atoms with Gasteiger partial charge < -0.3 is 4.57 Å². The molecule has 5 aromatic rings. The lowest BCUT2D eigenvalue weighted by Gasteiger charge is -2.11. The van der Waals surface area contributed by atoms with Gasteiger partial charge in [0.15, 0.2) is 34.8 Å². The molecular formula is C40H23F4N5O2S2. The Morgan fingerprint density at radius 1 is 0.774 bits per heavy atom. The number of Topliss-reactive ketones (excluding diaryl/α,β-unsaturated/α-hetero) is 2. The average Bonchev–Trinajstić information content (AvgIpc) is 3.91. The fourth-order valence-electron chi connectivity index (χ4n) is 6.70. The number of thiophene rings is 2. The van der Waals surface area contributed by atoms with Gasteiger partial charge in [0, 0.05) is 49.7 Å². The van der Waals surface area contributed by atoms with Crippen molar-refractivity contribution in [2.75, 3.05) is 6.54 Å². The Morgan fingerprint density at radius 3 is 1.66 bits per heavy atom. The molecule has 7 rings (SSSR count). The van der Waals surface area contributed by atoms with Crippen molar-refractivity contribution in [3.05, 3.63) is 114 Å². The standard InChI is InChI=1S/C40H23F4N5O2S2/c1-4-18(2)17-49-33-7-21(5-27-35(19(13-45)14-46)23-9-29(41)31(43)11-25(23)37(27)50)52-39(33)40-34(49)8-22(53-40)6-28-36(20(15-47)16-48-3)24-10-30(42)32(44)12-26(24)38(28)51/h5-12,18H,3-4,16-17H2,1-2H3/b27-5-,28-6-,36-20-. The van der Waals surface area contributed by atoms with E-state index in [1.54, 1.807) is 18.2 Å². The van der Waals surface area contributed by atoms with Crippen LogP contribution in [0.2, 0.25) is 0 Å². The van der Waals surface area contributed by atoms with Gasteiger partial charge in [-0.15, -0.1) is 22.7 Å². The molecule has 3 aromatic heterocycles. The Balaban J connectivity index is 1.41. The number of aromatic nitrogens is 1. The zero-order valence-electron chi connectivity index (χ0n) is 27.9.